The van der Waals surface area contributed by atoms with Gasteiger partial charge in [-0.3, -0.25) is 19.4 Å². The second kappa shape index (κ2) is 10.5. The van der Waals surface area contributed by atoms with Crippen LogP contribution in [-0.2, 0) is 9.47 Å². The third kappa shape index (κ3) is 5.16. The Morgan fingerprint density at radius 3 is 2.77 bits per heavy atom. The molecule has 1 amide bonds. The zero-order valence-corrected chi connectivity index (χ0v) is 23.8. The van der Waals surface area contributed by atoms with E-state index in [1.165, 1.54) is 11.3 Å². The van der Waals surface area contributed by atoms with Crippen LogP contribution in [0.15, 0.2) is 40.6 Å². The minimum absolute atomic E-state index is 0.0964. The Morgan fingerprint density at radius 2 is 2.03 bits per heavy atom. The largest absolute Gasteiger partial charge is 0.489 e. The van der Waals surface area contributed by atoms with Crippen LogP contribution in [0.2, 0.25) is 0 Å². The second-order valence-corrected chi connectivity index (χ2v) is 11.5. The van der Waals surface area contributed by atoms with Gasteiger partial charge < -0.3 is 19.2 Å². The lowest BCUT2D eigenvalue weighted by Crippen LogP contribution is -2.45. The Morgan fingerprint density at radius 1 is 1.23 bits per heavy atom. The van der Waals surface area contributed by atoms with Gasteiger partial charge in [-0.15, -0.1) is 11.3 Å². The van der Waals surface area contributed by atoms with Gasteiger partial charge in [0.25, 0.3) is 5.56 Å². The molecule has 0 spiro atoms. The number of methoxy groups -OCH3 is 1. The minimum atomic E-state index is -0.598. The molecule has 2 atom stereocenters. The van der Waals surface area contributed by atoms with Gasteiger partial charge in [-0.25, -0.2) is 4.79 Å². The molecule has 1 aliphatic rings. The highest BCUT2D eigenvalue weighted by atomic mass is 32.1. The highest BCUT2D eigenvalue weighted by Crippen LogP contribution is 2.42. The molecule has 0 radical (unpaired) electrons. The van der Waals surface area contributed by atoms with Crippen LogP contribution in [0.4, 0.5) is 4.79 Å². The Hall–Kier alpha value is -3.70. The average Bonchev–Trinajstić information content (AvgIpc) is 3.55. The van der Waals surface area contributed by atoms with Crippen molar-refractivity contribution in [2.75, 3.05) is 26.9 Å². The minimum Gasteiger partial charge on any atom is -0.489 e. The summed E-state index contributed by atoms with van der Waals surface area (Å²) in [4.78, 5) is 35.6. The lowest BCUT2D eigenvalue weighted by molar-refractivity contribution is 0.00865. The number of carbonyl (C=O) groups excluding carboxylic acids is 1. The molecule has 10 nitrogen and oxygen atoms in total. The van der Waals surface area contributed by atoms with E-state index in [0.717, 1.165) is 16.0 Å². The van der Waals surface area contributed by atoms with Crippen LogP contribution in [0.25, 0.3) is 32.7 Å². The lowest BCUT2D eigenvalue weighted by atomic mass is 10.0. The molecule has 206 valence electrons. The van der Waals surface area contributed by atoms with Crippen LogP contribution in [-0.4, -0.2) is 63.2 Å². The number of nitrogens with zero attached hydrogens (tertiary/aromatic N) is 4. The summed E-state index contributed by atoms with van der Waals surface area (Å²) in [6.45, 7) is 10.8. The second-order valence-electron chi connectivity index (χ2n) is 10.6. The summed E-state index contributed by atoms with van der Waals surface area (Å²) in [7, 11) is 1.62. The number of amides is 1. The molecule has 0 saturated heterocycles. The maximum absolute atomic E-state index is 13.1. The molecule has 0 aromatic carbocycles. The maximum Gasteiger partial charge on any atom is 0.410 e. The fraction of sp³-hybridized carbons (Fsp3) is 0.429. The number of thiophene rings is 1. The first-order valence-electron chi connectivity index (χ1n) is 12.9. The van der Waals surface area contributed by atoms with Gasteiger partial charge >= 0.3 is 6.09 Å². The SMILES string of the molecule is COCCOc1cccnc1-c1c(-c2cc3n(n2)[C@@H](C)CN(C(=O)OC(C)(C)C)[C@@H]3C)[nH]c(=O)c2ccsc12. The summed E-state index contributed by atoms with van der Waals surface area (Å²) in [5.41, 5.74) is 2.54. The highest BCUT2D eigenvalue weighted by molar-refractivity contribution is 7.17. The van der Waals surface area contributed by atoms with E-state index in [9.17, 15) is 9.59 Å². The molecule has 5 rings (SSSR count). The summed E-state index contributed by atoms with van der Waals surface area (Å²) in [5.74, 6) is 0.583. The highest BCUT2D eigenvalue weighted by Gasteiger charge is 2.36. The third-order valence-corrected chi connectivity index (χ3v) is 7.53. The first-order chi connectivity index (χ1) is 18.6. The molecule has 0 bridgehead atoms. The van der Waals surface area contributed by atoms with E-state index in [1.807, 2.05) is 68.9 Å². The maximum atomic E-state index is 13.1. The predicted molar refractivity (Wildman–Crippen MR) is 150 cm³/mol. The number of aromatic amines is 1. The molecule has 0 saturated carbocycles. The molecule has 11 heteroatoms. The summed E-state index contributed by atoms with van der Waals surface area (Å²) in [5, 5.41) is 7.40. The van der Waals surface area contributed by atoms with Crippen molar-refractivity contribution in [2.24, 2.45) is 0 Å². The zero-order valence-electron chi connectivity index (χ0n) is 23.0. The van der Waals surface area contributed by atoms with Crippen molar-refractivity contribution in [2.45, 2.75) is 52.3 Å². The first kappa shape index (κ1) is 26.9. The predicted octanol–water partition coefficient (Wildman–Crippen LogP) is 5.41. The summed E-state index contributed by atoms with van der Waals surface area (Å²) < 4.78 is 19.6. The molecule has 4 aromatic heterocycles. The lowest BCUT2D eigenvalue weighted by Gasteiger charge is -2.38. The van der Waals surface area contributed by atoms with Crippen molar-refractivity contribution in [1.82, 2.24) is 24.6 Å². The molecule has 4 aromatic rings. The fourth-order valence-corrected chi connectivity index (χ4v) is 5.76. The van der Waals surface area contributed by atoms with E-state index in [2.05, 4.69) is 9.97 Å². The van der Waals surface area contributed by atoms with Crippen LogP contribution in [0.1, 0.15) is 52.4 Å². The van der Waals surface area contributed by atoms with Crippen molar-refractivity contribution in [1.29, 1.82) is 0 Å². The van der Waals surface area contributed by atoms with Gasteiger partial charge in [-0.1, -0.05) is 0 Å². The van der Waals surface area contributed by atoms with Crippen molar-refractivity contribution >= 4 is 27.5 Å². The topological polar surface area (TPSA) is 112 Å². The van der Waals surface area contributed by atoms with Gasteiger partial charge in [-0.2, -0.15) is 5.10 Å². The zero-order chi connectivity index (χ0) is 27.9. The third-order valence-electron chi connectivity index (χ3n) is 6.60. The Bertz CT molecular complexity index is 1570. The molecule has 1 aliphatic heterocycles. The van der Waals surface area contributed by atoms with Crippen LogP contribution in [0.3, 0.4) is 0 Å². The molecule has 0 unspecified atom stereocenters. The van der Waals surface area contributed by atoms with Crippen LogP contribution >= 0.6 is 11.3 Å². The number of fused-ring (bicyclic) bond motifs is 2. The Balaban J connectivity index is 1.64. The van der Waals surface area contributed by atoms with Crippen molar-refractivity contribution < 1.29 is 19.0 Å². The van der Waals surface area contributed by atoms with E-state index < -0.39 is 5.60 Å². The molecular weight excluding hydrogens is 518 g/mol. The van der Waals surface area contributed by atoms with Crippen molar-refractivity contribution in [3.05, 3.63) is 51.9 Å². The number of carbonyl (C=O) groups is 1. The van der Waals surface area contributed by atoms with Crippen molar-refractivity contribution in [3.8, 4) is 28.4 Å². The molecule has 1 N–H and O–H groups in total. The van der Waals surface area contributed by atoms with Gasteiger partial charge in [0.05, 0.1) is 40.2 Å². The number of hydrogen-bond donors (Lipinski definition) is 1. The molecular formula is C28H33N5O5S. The average molecular weight is 552 g/mol. The van der Waals surface area contributed by atoms with E-state index >= 15 is 0 Å². The molecule has 0 aliphatic carbocycles. The smallest absolute Gasteiger partial charge is 0.410 e. The number of hydrogen-bond acceptors (Lipinski definition) is 8. The molecule has 39 heavy (non-hydrogen) atoms. The number of pyridine rings is 2. The van der Waals surface area contributed by atoms with E-state index in [1.54, 1.807) is 18.2 Å². The van der Waals surface area contributed by atoms with Gasteiger partial charge in [0.15, 0.2) is 0 Å². The van der Waals surface area contributed by atoms with E-state index in [0.29, 0.717) is 48.0 Å². The summed E-state index contributed by atoms with van der Waals surface area (Å²) in [6, 6.07) is 7.03. The number of aromatic nitrogens is 4. The number of H-pyrrole nitrogens is 1. The Labute approximate surface area is 230 Å². The monoisotopic (exact) mass is 551 g/mol. The fourth-order valence-electron chi connectivity index (χ4n) is 4.82. The van der Waals surface area contributed by atoms with Crippen LogP contribution < -0.4 is 10.3 Å². The normalized spacial score (nSPS) is 17.3. The number of ether oxygens (including phenoxy) is 3. The summed E-state index contributed by atoms with van der Waals surface area (Å²) >= 11 is 1.47. The quantitative estimate of drug-likeness (QED) is 0.319. The van der Waals surface area contributed by atoms with Crippen molar-refractivity contribution in [3.63, 3.8) is 0 Å². The van der Waals surface area contributed by atoms with E-state index in [-0.39, 0.29) is 23.7 Å². The number of rotatable bonds is 6. The first-order valence-corrected chi connectivity index (χ1v) is 13.8. The molecule has 0 fully saturated rings. The van der Waals surface area contributed by atoms with Gasteiger partial charge in [0.1, 0.15) is 29.3 Å². The van der Waals surface area contributed by atoms with Crippen LogP contribution in [0.5, 0.6) is 5.75 Å². The van der Waals surface area contributed by atoms with Gasteiger partial charge in [0.2, 0.25) is 0 Å². The van der Waals surface area contributed by atoms with E-state index in [4.69, 9.17) is 19.3 Å². The van der Waals surface area contributed by atoms with Gasteiger partial charge in [0, 0.05) is 25.4 Å². The Kier molecular flexibility index (Phi) is 7.21. The summed E-state index contributed by atoms with van der Waals surface area (Å²) in [6.07, 6.45) is 1.34. The van der Waals surface area contributed by atoms with Crippen LogP contribution in [0, 0.1) is 0 Å². The molecule has 5 heterocycles. The van der Waals surface area contributed by atoms with Gasteiger partial charge in [-0.05, 0) is 64.3 Å². The standard InChI is InChI=1S/C28H33N5O5S/c1-16-15-32(27(35)38-28(3,4)5)17(2)20-14-19(31-33(16)20)23-22(25-18(9-13-39-25)26(34)30-23)24-21(8-7-10-29-24)37-12-11-36-6/h7-10,13-14,16-17H,11-12,15H2,1-6H3,(H,30,34)/t16-,17+/m0/s1. The number of nitrogens with one attached hydrogen (secondary N) is 1.